The van der Waals surface area contributed by atoms with Crippen molar-refractivity contribution in [3.05, 3.63) is 61.2 Å². The van der Waals surface area contributed by atoms with E-state index in [9.17, 15) is 4.79 Å². The molecular formula is C20H22N4O3. The average Bonchev–Trinajstić information content (AvgIpc) is 3.22. The fraction of sp³-hybridized carbons (Fsp3) is 0.250. The van der Waals surface area contributed by atoms with E-state index < -0.39 is 0 Å². The molecule has 0 fully saturated rings. The first kappa shape index (κ1) is 18.4. The number of hydrogen-bond donors (Lipinski definition) is 1. The van der Waals surface area contributed by atoms with Gasteiger partial charge in [-0.1, -0.05) is 24.3 Å². The van der Waals surface area contributed by atoms with Crippen LogP contribution in [0.1, 0.15) is 19.8 Å². The number of carbonyl (C=O) groups is 1. The molecule has 3 aromatic rings. The number of anilines is 1. The minimum Gasteiger partial charge on any atom is -0.490 e. The molecule has 0 spiro atoms. The summed E-state index contributed by atoms with van der Waals surface area (Å²) in [5.74, 6) is 1.33. The third-order valence-electron chi connectivity index (χ3n) is 3.80. The Morgan fingerprint density at radius 1 is 1.07 bits per heavy atom. The number of hydrogen-bond acceptors (Lipinski definition) is 5. The molecule has 0 aliphatic heterocycles. The molecule has 7 heteroatoms. The van der Waals surface area contributed by atoms with Crippen molar-refractivity contribution in [3.8, 4) is 17.2 Å². The van der Waals surface area contributed by atoms with E-state index >= 15 is 0 Å². The molecule has 0 saturated heterocycles. The quantitative estimate of drug-likeness (QED) is 0.587. The van der Waals surface area contributed by atoms with Crippen LogP contribution in [0.5, 0.6) is 11.5 Å². The van der Waals surface area contributed by atoms with Gasteiger partial charge in [-0.3, -0.25) is 4.79 Å². The summed E-state index contributed by atoms with van der Waals surface area (Å²) in [6, 6.07) is 15.0. The van der Waals surface area contributed by atoms with Crippen LogP contribution in [0.25, 0.3) is 5.69 Å². The number of para-hydroxylation sites is 4. The Morgan fingerprint density at radius 2 is 1.81 bits per heavy atom. The normalized spacial score (nSPS) is 10.4. The Labute approximate surface area is 158 Å². The smallest absolute Gasteiger partial charge is 0.224 e. The van der Waals surface area contributed by atoms with Crippen molar-refractivity contribution in [2.45, 2.75) is 19.8 Å². The molecule has 1 heterocycles. The summed E-state index contributed by atoms with van der Waals surface area (Å²) in [6.07, 6.45) is 3.99. The van der Waals surface area contributed by atoms with E-state index in [1.54, 1.807) is 11.0 Å². The predicted octanol–water partition coefficient (Wildman–Crippen LogP) is 3.46. The molecule has 2 aromatic carbocycles. The van der Waals surface area contributed by atoms with Gasteiger partial charge in [-0.05, 0) is 37.6 Å². The molecule has 0 radical (unpaired) electrons. The third-order valence-corrected chi connectivity index (χ3v) is 3.80. The molecule has 0 bridgehead atoms. The van der Waals surface area contributed by atoms with Crippen LogP contribution in [0, 0.1) is 0 Å². The number of ether oxygens (including phenoxy) is 2. The maximum Gasteiger partial charge on any atom is 0.224 e. The van der Waals surface area contributed by atoms with Gasteiger partial charge in [0.05, 0.1) is 24.6 Å². The minimum atomic E-state index is -0.0794. The molecule has 0 atom stereocenters. The molecule has 140 valence electrons. The zero-order chi connectivity index (χ0) is 18.9. The number of aromatic nitrogens is 3. The minimum absolute atomic E-state index is 0.0794. The van der Waals surface area contributed by atoms with E-state index in [4.69, 9.17) is 9.47 Å². The number of carbonyl (C=O) groups excluding carboxylic acids is 1. The Kier molecular flexibility index (Phi) is 6.40. The summed E-state index contributed by atoms with van der Waals surface area (Å²) in [4.78, 5) is 16.2. The highest BCUT2D eigenvalue weighted by atomic mass is 16.5. The van der Waals surface area contributed by atoms with Gasteiger partial charge in [0.1, 0.15) is 12.7 Å². The highest BCUT2D eigenvalue weighted by molar-refractivity contribution is 5.92. The van der Waals surface area contributed by atoms with Crippen molar-refractivity contribution in [3.63, 3.8) is 0 Å². The molecule has 3 rings (SSSR count). The SMILES string of the molecule is CCOc1ccccc1OCCCC(=O)Nc1ccccc1-n1cncn1. The maximum atomic E-state index is 12.3. The van der Waals surface area contributed by atoms with Crippen LogP contribution < -0.4 is 14.8 Å². The zero-order valence-corrected chi connectivity index (χ0v) is 15.2. The van der Waals surface area contributed by atoms with Gasteiger partial charge >= 0.3 is 0 Å². The number of benzene rings is 2. The van der Waals surface area contributed by atoms with Gasteiger partial charge in [-0.2, -0.15) is 5.10 Å². The van der Waals surface area contributed by atoms with E-state index in [-0.39, 0.29) is 5.91 Å². The second-order valence-electron chi connectivity index (χ2n) is 5.74. The Balaban J connectivity index is 1.50. The van der Waals surface area contributed by atoms with E-state index in [0.29, 0.717) is 43.2 Å². The van der Waals surface area contributed by atoms with Gasteiger partial charge in [0, 0.05) is 6.42 Å². The molecule has 27 heavy (non-hydrogen) atoms. The first-order chi connectivity index (χ1) is 13.3. The monoisotopic (exact) mass is 366 g/mol. The summed E-state index contributed by atoms with van der Waals surface area (Å²) in [6.45, 7) is 2.94. The van der Waals surface area contributed by atoms with Crippen molar-refractivity contribution in [2.24, 2.45) is 0 Å². The molecule has 0 saturated carbocycles. The second-order valence-corrected chi connectivity index (χ2v) is 5.74. The Hall–Kier alpha value is -3.35. The van der Waals surface area contributed by atoms with Crippen LogP contribution in [0.3, 0.4) is 0 Å². The van der Waals surface area contributed by atoms with Crippen molar-refractivity contribution in [2.75, 3.05) is 18.5 Å². The molecule has 1 amide bonds. The Bertz CT molecular complexity index is 865. The third kappa shape index (κ3) is 5.07. The molecule has 0 unspecified atom stereocenters. The molecule has 1 N–H and O–H groups in total. The summed E-state index contributed by atoms with van der Waals surface area (Å²) in [7, 11) is 0. The summed E-state index contributed by atoms with van der Waals surface area (Å²) >= 11 is 0. The van der Waals surface area contributed by atoms with E-state index in [0.717, 1.165) is 5.69 Å². The van der Waals surface area contributed by atoms with Gasteiger partial charge in [-0.25, -0.2) is 9.67 Å². The lowest BCUT2D eigenvalue weighted by Crippen LogP contribution is -2.14. The van der Waals surface area contributed by atoms with Crippen molar-refractivity contribution in [1.82, 2.24) is 14.8 Å². The first-order valence-electron chi connectivity index (χ1n) is 8.86. The fourth-order valence-corrected chi connectivity index (χ4v) is 2.58. The van der Waals surface area contributed by atoms with Gasteiger partial charge in [-0.15, -0.1) is 0 Å². The molecular weight excluding hydrogens is 344 g/mol. The summed E-state index contributed by atoms with van der Waals surface area (Å²) in [5.41, 5.74) is 1.46. The highest BCUT2D eigenvalue weighted by Gasteiger charge is 2.09. The second kappa shape index (κ2) is 9.38. The summed E-state index contributed by atoms with van der Waals surface area (Å²) in [5, 5.41) is 7.03. The Morgan fingerprint density at radius 3 is 2.56 bits per heavy atom. The van der Waals surface area contributed by atoms with Gasteiger partial charge in [0.25, 0.3) is 0 Å². The van der Waals surface area contributed by atoms with Crippen LogP contribution in [-0.4, -0.2) is 33.9 Å². The number of nitrogens with zero attached hydrogens (tertiary/aromatic N) is 3. The number of rotatable bonds is 9. The zero-order valence-electron chi connectivity index (χ0n) is 15.2. The van der Waals surface area contributed by atoms with Crippen LogP contribution in [0.2, 0.25) is 0 Å². The molecule has 7 nitrogen and oxygen atoms in total. The van der Waals surface area contributed by atoms with Gasteiger partial charge in [0.15, 0.2) is 11.5 Å². The molecule has 0 aliphatic rings. The predicted molar refractivity (Wildman–Crippen MR) is 102 cm³/mol. The van der Waals surface area contributed by atoms with Crippen molar-refractivity contribution in [1.29, 1.82) is 0 Å². The lowest BCUT2D eigenvalue weighted by Gasteiger charge is -2.12. The van der Waals surface area contributed by atoms with E-state index in [1.807, 2.05) is 55.5 Å². The standard InChI is InChI=1S/C20H22N4O3/c1-2-26-18-10-5-6-11-19(18)27-13-7-12-20(25)23-16-8-3-4-9-17(16)24-15-21-14-22-24/h3-6,8-11,14-15H,2,7,12-13H2,1H3,(H,23,25). The maximum absolute atomic E-state index is 12.3. The van der Waals surface area contributed by atoms with Crippen molar-refractivity contribution >= 4 is 11.6 Å². The number of nitrogens with one attached hydrogen (secondary N) is 1. The van der Waals surface area contributed by atoms with Gasteiger partial charge in [0.2, 0.25) is 5.91 Å². The first-order valence-corrected chi connectivity index (χ1v) is 8.86. The number of amides is 1. The van der Waals surface area contributed by atoms with E-state index in [1.165, 1.54) is 6.33 Å². The largest absolute Gasteiger partial charge is 0.490 e. The van der Waals surface area contributed by atoms with Crippen molar-refractivity contribution < 1.29 is 14.3 Å². The van der Waals surface area contributed by atoms with Crippen LogP contribution in [0.4, 0.5) is 5.69 Å². The highest BCUT2D eigenvalue weighted by Crippen LogP contribution is 2.26. The van der Waals surface area contributed by atoms with Crippen LogP contribution in [0.15, 0.2) is 61.2 Å². The summed E-state index contributed by atoms with van der Waals surface area (Å²) < 4.78 is 12.9. The lowest BCUT2D eigenvalue weighted by molar-refractivity contribution is -0.116. The van der Waals surface area contributed by atoms with Crippen LogP contribution >= 0.6 is 0 Å². The van der Waals surface area contributed by atoms with E-state index in [2.05, 4.69) is 15.4 Å². The lowest BCUT2D eigenvalue weighted by atomic mass is 10.2. The topological polar surface area (TPSA) is 78.3 Å². The molecule has 0 aliphatic carbocycles. The average molecular weight is 366 g/mol. The fourth-order valence-electron chi connectivity index (χ4n) is 2.58. The van der Waals surface area contributed by atoms with Crippen LogP contribution in [-0.2, 0) is 4.79 Å². The van der Waals surface area contributed by atoms with Gasteiger partial charge < -0.3 is 14.8 Å². The molecule has 1 aromatic heterocycles.